The highest BCUT2D eigenvalue weighted by Gasteiger charge is 2.37. The fourth-order valence-corrected chi connectivity index (χ4v) is 3.46. The Morgan fingerprint density at radius 1 is 0.759 bits per heavy atom. The highest BCUT2D eigenvalue weighted by molar-refractivity contribution is 6.52. The second-order valence-electron chi connectivity index (χ2n) is 7.00. The molecule has 0 fully saturated rings. The highest BCUT2D eigenvalue weighted by Crippen LogP contribution is 2.37. The molecule has 144 valence electrons. The fraction of sp³-hybridized carbons (Fsp3) is 0.0833. The molecule has 1 atom stereocenters. The maximum Gasteiger partial charge on any atom is 0.235 e. The molecule has 29 heavy (non-hydrogen) atoms. The first-order valence-corrected chi connectivity index (χ1v) is 9.19. The van der Waals surface area contributed by atoms with Crippen LogP contribution in [-0.2, 0) is 4.79 Å². The van der Waals surface area contributed by atoms with E-state index in [4.69, 9.17) is 0 Å². The molecule has 3 N–H and O–H groups in total. The number of Topliss-reactive ketones (excluding diaryl/α,β-unsaturated/α-hetero) is 2. The van der Waals surface area contributed by atoms with Crippen LogP contribution in [0.25, 0.3) is 5.76 Å². The van der Waals surface area contributed by atoms with E-state index in [1.807, 2.05) is 31.2 Å². The number of phenols is 1. The Bertz CT molecular complexity index is 1130. The van der Waals surface area contributed by atoms with Crippen molar-refractivity contribution >= 4 is 23.0 Å². The standard InChI is InChI=1S/C24H19NO4/c1-14-6-10-16(11-7-14)25-21(15-8-12-17(26)13-9-15)20-22(27)18-4-2-3-5-19(18)23(28)24(20)29/h2-13,21,25-27H,1H3. The van der Waals surface area contributed by atoms with Crippen LogP contribution < -0.4 is 5.32 Å². The lowest BCUT2D eigenvalue weighted by Crippen LogP contribution is -2.30. The molecule has 4 rings (SSSR count). The zero-order valence-corrected chi connectivity index (χ0v) is 15.7. The van der Waals surface area contributed by atoms with E-state index in [0.717, 1.165) is 11.3 Å². The molecule has 0 saturated heterocycles. The van der Waals surface area contributed by atoms with Gasteiger partial charge in [0.25, 0.3) is 0 Å². The maximum atomic E-state index is 13.0. The van der Waals surface area contributed by atoms with Gasteiger partial charge in [-0.25, -0.2) is 0 Å². The molecule has 3 aromatic rings. The van der Waals surface area contributed by atoms with Gasteiger partial charge in [-0.15, -0.1) is 0 Å². The first-order valence-electron chi connectivity index (χ1n) is 9.19. The molecular formula is C24H19NO4. The number of hydrogen-bond acceptors (Lipinski definition) is 5. The van der Waals surface area contributed by atoms with Gasteiger partial charge in [0, 0.05) is 16.8 Å². The summed E-state index contributed by atoms with van der Waals surface area (Å²) in [5.41, 5.74) is 2.95. The van der Waals surface area contributed by atoms with Gasteiger partial charge in [-0.3, -0.25) is 9.59 Å². The Morgan fingerprint density at radius 2 is 1.38 bits per heavy atom. The van der Waals surface area contributed by atoms with Crippen molar-refractivity contribution in [3.05, 3.63) is 101 Å². The molecule has 1 aliphatic rings. The van der Waals surface area contributed by atoms with Gasteiger partial charge in [0.1, 0.15) is 11.5 Å². The van der Waals surface area contributed by atoms with Crippen molar-refractivity contribution in [2.75, 3.05) is 5.32 Å². The molecule has 1 unspecified atom stereocenters. The maximum absolute atomic E-state index is 13.0. The van der Waals surface area contributed by atoms with Crippen molar-refractivity contribution in [2.45, 2.75) is 13.0 Å². The zero-order valence-electron chi connectivity index (χ0n) is 15.7. The summed E-state index contributed by atoms with van der Waals surface area (Å²) < 4.78 is 0. The fourth-order valence-electron chi connectivity index (χ4n) is 3.46. The summed E-state index contributed by atoms with van der Waals surface area (Å²) in [7, 11) is 0. The lowest BCUT2D eigenvalue weighted by Gasteiger charge is -2.26. The molecule has 3 aromatic carbocycles. The number of aromatic hydroxyl groups is 1. The topological polar surface area (TPSA) is 86.6 Å². The molecule has 0 aromatic heterocycles. The number of anilines is 1. The number of aliphatic hydroxyl groups excluding tert-OH is 1. The predicted octanol–water partition coefficient (Wildman–Crippen LogP) is 4.59. The third-order valence-electron chi connectivity index (χ3n) is 5.01. The minimum atomic E-state index is -0.775. The smallest absolute Gasteiger partial charge is 0.235 e. The Kier molecular flexibility index (Phi) is 4.64. The van der Waals surface area contributed by atoms with Crippen LogP contribution in [0.5, 0.6) is 5.75 Å². The number of nitrogens with one attached hydrogen (secondary N) is 1. The van der Waals surface area contributed by atoms with Crippen molar-refractivity contribution in [1.29, 1.82) is 0 Å². The Morgan fingerprint density at radius 3 is 2.03 bits per heavy atom. The largest absolute Gasteiger partial charge is 0.508 e. The van der Waals surface area contributed by atoms with Crippen molar-refractivity contribution in [3.63, 3.8) is 0 Å². The minimum Gasteiger partial charge on any atom is -0.508 e. The molecule has 0 radical (unpaired) electrons. The number of carbonyl (C=O) groups is 2. The second-order valence-corrected chi connectivity index (χ2v) is 7.00. The van der Waals surface area contributed by atoms with E-state index in [1.165, 1.54) is 18.2 Å². The number of phenolic OH excluding ortho intramolecular Hbond substituents is 1. The first kappa shape index (κ1) is 18.5. The van der Waals surface area contributed by atoms with E-state index in [9.17, 15) is 19.8 Å². The molecule has 5 heteroatoms. The van der Waals surface area contributed by atoms with Crippen LogP contribution in [0.1, 0.15) is 33.1 Å². The second kappa shape index (κ2) is 7.28. The average molecular weight is 385 g/mol. The van der Waals surface area contributed by atoms with Crippen LogP contribution in [0.2, 0.25) is 0 Å². The van der Waals surface area contributed by atoms with Crippen LogP contribution in [0.3, 0.4) is 0 Å². The lowest BCUT2D eigenvalue weighted by molar-refractivity contribution is -0.112. The van der Waals surface area contributed by atoms with Crippen molar-refractivity contribution < 1.29 is 19.8 Å². The monoisotopic (exact) mass is 385 g/mol. The first-order chi connectivity index (χ1) is 14.0. The number of benzene rings is 3. The van der Waals surface area contributed by atoms with Gasteiger partial charge in [0.15, 0.2) is 0 Å². The Hall–Kier alpha value is -3.86. The number of rotatable bonds is 4. The van der Waals surface area contributed by atoms with Crippen molar-refractivity contribution in [2.24, 2.45) is 0 Å². The number of ketones is 2. The molecular weight excluding hydrogens is 366 g/mol. The highest BCUT2D eigenvalue weighted by atomic mass is 16.3. The number of carbonyl (C=O) groups excluding carboxylic acids is 2. The summed E-state index contributed by atoms with van der Waals surface area (Å²) in [6.07, 6.45) is 0. The number of fused-ring (bicyclic) bond motifs is 1. The van der Waals surface area contributed by atoms with Gasteiger partial charge in [0.05, 0.1) is 11.6 Å². The van der Waals surface area contributed by atoms with Crippen LogP contribution in [0.4, 0.5) is 5.69 Å². The third kappa shape index (κ3) is 3.38. The van der Waals surface area contributed by atoms with Crippen molar-refractivity contribution in [1.82, 2.24) is 0 Å². The quantitative estimate of drug-likeness (QED) is 0.572. The van der Waals surface area contributed by atoms with Gasteiger partial charge < -0.3 is 15.5 Å². The molecule has 0 bridgehead atoms. The van der Waals surface area contributed by atoms with Gasteiger partial charge in [-0.05, 0) is 36.8 Å². The van der Waals surface area contributed by atoms with Crippen molar-refractivity contribution in [3.8, 4) is 5.75 Å². The number of aryl methyl sites for hydroxylation is 1. The van der Waals surface area contributed by atoms with Crippen LogP contribution in [0, 0.1) is 6.92 Å². The summed E-state index contributed by atoms with van der Waals surface area (Å²) in [6, 6.07) is 19.6. The summed E-state index contributed by atoms with van der Waals surface area (Å²) in [4.78, 5) is 25.7. The van der Waals surface area contributed by atoms with Gasteiger partial charge in [0.2, 0.25) is 11.6 Å². The minimum absolute atomic E-state index is 0.0139. The number of aliphatic hydroxyl groups is 1. The summed E-state index contributed by atoms with van der Waals surface area (Å²) in [5, 5.41) is 23.8. The van der Waals surface area contributed by atoms with Crippen LogP contribution in [0.15, 0.2) is 78.4 Å². The van der Waals surface area contributed by atoms with E-state index < -0.39 is 17.6 Å². The Balaban J connectivity index is 1.88. The van der Waals surface area contributed by atoms with Gasteiger partial charge in [-0.1, -0.05) is 54.1 Å². The molecule has 0 heterocycles. The normalized spacial score (nSPS) is 14.5. The zero-order chi connectivity index (χ0) is 20.5. The van der Waals surface area contributed by atoms with E-state index in [2.05, 4.69) is 5.32 Å². The van der Waals surface area contributed by atoms with Gasteiger partial charge >= 0.3 is 0 Å². The molecule has 5 nitrogen and oxygen atoms in total. The molecule has 0 saturated carbocycles. The van der Waals surface area contributed by atoms with E-state index in [-0.39, 0.29) is 22.6 Å². The lowest BCUT2D eigenvalue weighted by atomic mass is 9.83. The van der Waals surface area contributed by atoms with E-state index in [0.29, 0.717) is 11.1 Å². The summed E-state index contributed by atoms with van der Waals surface area (Å²) in [5.74, 6) is -1.54. The molecule has 0 spiro atoms. The Labute approximate surface area is 168 Å². The number of hydrogen-bond donors (Lipinski definition) is 3. The molecule has 1 aliphatic carbocycles. The van der Waals surface area contributed by atoms with E-state index in [1.54, 1.807) is 30.3 Å². The molecule has 0 aliphatic heterocycles. The average Bonchev–Trinajstić information content (AvgIpc) is 2.73. The summed E-state index contributed by atoms with van der Waals surface area (Å²) >= 11 is 0. The SMILES string of the molecule is Cc1ccc(NC(C2=C(O)c3ccccc3C(=O)C2=O)c2ccc(O)cc2)cc1. The predicted molar refractivity (Wildman–Crippen MR) is 111 cm³/mol. The summed E-state index contributed by atoms with van der Waals surface area (Å²) in [6.45, 7) is 1.97. The van der Waals surface area contributed by atoms with Crippen LogP contribution >= 0.6 is 0 Å². The van der Waals surface area contributed by atoms with Crippen LogP contribution in [-0.4, -0.2) is 21.8 Å². The third-order valence-corrected chi connectivity index (χ3v) is 5.01. The molecule has 0 amide bonds. The van der Waals surface area contributed by atoms with E-state index >= 15 is 0 Å². The van der Waals surface area contributed by atoms with Gasteiger partial charge in [-0.2, -0.15) is 0 Å².